The lowest BCUT2D eigenvalue weighted by Gasteiger charge is -2.15. The van der Waals surface area contributed by atoms with Gasteiger partial charge in [-0.3, -0.25) is 4.99 Å². The van der Waals surface area contributed by atoms with Crippen molar-refractivity contribution in [2.24, 2.45) is 4.99 Å². The minimum Gasteiger partial charge on any atom is -0.356 e. The monoisotopic (exact) mass is 535 g/mol. The number of aryl methyl sites for hydroxylation is 1. The first-order valence-electron chi connectivity index (χ1n) is 9.10. The molecule has 0 radical (unpaired) electrons. The van der Waals surface area contributed by atoms with Crippen LogP contribution in [0.15, 0.2) is 47.5 Å². The molecule has 0 amide bonds. The van der Waals surface area contributed by atoms with E-state index < -0.39 is 17.6 Å². The average molecular weight is 535 g/mol. The largest absolute Gasteiger partial charge is 0.416 e. The molecule has 30 heavy (non-hydrogen) atoms. The van der Waals surface area contributed by atoms with E-state index in [1.165, 1.54) is 7.05 Å². The number of aromatic amines is 1. The van der Waals surface area contributed by atoms with E-state index in [2.05, 4.69) is 25.6 Å². The second kappa shape index (κ2) is 10.6. The van der Waals surface area contributed by atoms with Crippen LogP contribution in [0.3, 0.4) is 0 Å². The van der Waals surface area contributed by atoms with Gasteiger partial charge in [0, 0.05) is 26.6 Å². The number of halogens is 5. The van der Waals surface area contributed by atoms with Crippen LogP contribution in [-0.4, -0.2) is 29.5 Å². The summed E-state index contributed by atoms with van der Waals surface area (Å²) < 4.78 is 52.4. The summed E-state index contributed by atoms with van der Waals surface area (Å²) in [5.74, 6) is 0.318. The zero-order valence-electron chi connectivity index (χ0n) is 16.2. The normalized spacial score (nSPS) is 12.0. The number of imidazole rings is 1. The predicted molar refractivity (Wildman–Crippen MR) is 119 cm³/mol. The molecule has 1 aromatic heterocycles. The van der Waals surface area contributed by atoms with E-state index >= 15 is 0 Å². The van der Waals surface area contributed by atoms with Crippen LogP contribution in [0.5, 0.6) is 0 Å². The molecule has 1 heterocycles. The average Bonchev–Trinajstić information content (AvgIpc) is 3.10. The van der Waals surface area contributed by atoms with Crippen LogP contribution in [0.1, 0.15) is 23.4 Å². The summed E-state index contributed by atoms with van der Waals surface area (Å²) in [4.78, 5) is 11.8. The van der Waals surface area contributed by atoms with Gasteiger partial charge in [-0.15, -0.1) is 24.0 Å². The number of nitrogens with one attached hydrogen (secondary N) is 3. The minimum atomic E-state index is -4.62. The van der Waals surface area contributed by atoms with Crippen molar-refractivity contribution in [2.45, 2.75) is 25.6 Å². The van der Waals surface area contributed by atoms with Gasteiger partial charge in [-0.1, -0.05) is 18.2 Å². The molecule has 0 atom stereocenters. The Kier molecular flexibility index (Phi) is 8.44. The van der Waals surface area contributed by atoms with Crippen molar-refractivity contribution < 1.29 is 17.6 Å². The fourth-order valence-corrected chi connectivity index (χ4v) is 2.95. The van der Waals surface area contributed by atoms with E-state index in [0.29, 0.717) is 18.6 Å². The molecule has 0 aliphatic rings. The zero-order chi connectivity index (χ0) is 20.9. The molecule has 3 aromatic rings. The number of aliphatic imine (C=N–C) groups is 1. The molecule has 0 aliphatic carbocycles. The Morgan fingerprint density at radius 3 is 2.60 bits per heavy atom. The van der Waals surface area contributed by atoms with Crippen molar-refractivity contribution in [1.29, 1.82) is 0 Å². The highest BCUT2D eigenvalue weighted by Crippen LogP contribution is 2.32. The Morgan fingerprint density at radius 1 is 1.13 bits per heavy atom. The molecule has 3 rings (SSSR count). The van der Waals surface area contributed by atoms with Crippen LogP contribution < -0.4 is 10.6 Å². The number of rotatable bonds is 6. The van der Waals surface area contributed by atoms with Gasteiger partial charge in [-0.25, -0.2) is 9.37 Å². The van der Waals surface area contributed by atoms with Crippen molar-refractivity contribution >= 4 is 41.0 Å². The van der Waals surface area contributed by atoms with Crippen LogP contribution in [0.2, 0.25) is 0 Å². The van der Waals surface area contributed by atoms with Gasteiger partial charge < -0.3 is 15.6 Å². The van der Waals surface area contributed by atoms with Crippen LogP contribution >= 0.6 is 24.0 Å². The summed E-state index contributed by atoms with van der Waals surface area (Å²) in [6.45, 7) is 0.435. The molecule has 0 saturated carbocycles. The van der Waals surface area contributed by atoms with E-state index in [1.807, 2.05) is 24.3 Å². The van der Waals surface area contributed by atoms with E-state index in [9.17, 15) is 17.6 Å². The Balaban J connectivity index is 0.00000320. The van der Waals surface area contributed by atoms with Crippen LogP contribution in [0.4, 0.5) is 17.6 Å². The molecule has 10 heteroatoms. The van der Waals surface area contributed by atoms with Gasteiger partial charge in [-0.05, 0) is 36.2 Å². The molecule has 5 nitrogen and oxygen atoms in total. The van der Waals surface area contributed by atoms with Gasteiger partial charge in [0.2, 0.25) is 0 Å². The number of guanidine groups is 1. The first-order valence-corrected chi connectivity index (χ1v) is 9.10. The first-order chi connectivity index (χ1) is 13.9. The fraction of sp³-hybridized carbons (Fsp3) is 0.300. The summed E-state index contributed by atoms with van der Waals surface area (Å²) in [6.07, 6.45) is -3.15. The van der Waals surface area contributed by atoms with Crippen molar-refractivity contribution in [3.05, 3.63) is 65.2 Å². The molecule has 0 aliphatic heterocycles. The molecule has 0 bridgehead atoms. The highest BCUT2D eigenvalue weighted by molar-refractivity contribution is 14.0. The smallest absolute Gasteiger partial charge is 0.356 e. The summed E-state index contributed by atoms with van der Waals surface area (Å²) in [5.41, 5.74) is 0.842. The minimum absolute atomic E-state index is 0. The summed E-state index contributed by atoms with van der Waals surface area (Å²) in [6, 6.07) is 10.4. The number of aromatic nitrogens is 2. The third-order valence-electron chi connectivity index (χ3n) is 4.37. The van der Waals surface area contributed by atoms with Crippen molar-refractivity contribution in [1.82, 2.24) is 20.6 Å². The van der Waals surface area contributed by atoms with Crippen molar-refractivity contribution in [3.63, 3.8) is 0 Å². The third-order valence-corrected chi connectivity index (χ3v) is 4.37. The first kappa shape index (κ1) is 23.9. The Hall–Kier alpha value is -2.37. The molecular formula is C20H22F4IN5. The van der Waals surface area contributed by atoms with Gasteiger partial charge in [0.15, 0.2) is 5.96 Å². The lowest BCUT2D eigenvalue weighted by atomic mass is 10.1. The number of fused-ring (bicyclic) bond motifs is 1. The van der Waals surface area contributed by atoms with Crippen LogP contribution in [0, 0.1) is 5.82 Å². The zero-order valence-corrected chi connectivity index (χ0v) is 18.5. The second-order valence-electron chi connectivity index (χ2n) is 6.46. The van der Waals surface area contributed by atoms with E-state index in [4.69, 9.17) is 0 Å². The molecular weight excluding hydrogens is 513 g/mol. The maximum absolute atomic E-state index is 13.2. The topological polar surface area (TPSA) is 65.1 Å². The maximum Gasteiger partial charge on any atom is 0.416 e. The Labute approximate surface area is 188 Å². The maximum atomic E-state index is 13.2. The van der Waals surface area contributed by atoms with Gasteiger partial charge in [0.05, 0.1) is 16.6 Å². The summed E-state index contributed by atoms with van der Waals surface area (Å²) >= 11 is 0. The molecule has 0 saturated heterocycles. The van der Waals surface area contributed by atoms with E-state index in [-0.39, 0.29) is 36.1 Å². The number of nitrogens with zero attached hydrogens (tertiary/aromatic N) is 2. The standard InChI is InChI=1S/C20H21F4N5.HI/c1-25-19(27-12-13-8-9-14(21)11-15(13)20(22,23)24)26-10-4-7-18-28-16-5-2-3-6-17(16)29-18;/h2-3,5-6,8-9,11H,4,7,10,12H2,1H3,(H,28,29)(H2,25,26,27);1H. The highest BCUT2D eigenvalue weighted by atomic mass is 127. The van der Waals surface area contributed by atoms with Crippen molar-refractivity contribution in [3.8, 4) is 0 Å². The number of benzene rings is 2. The molecule has 0 fully saturated rings. The van der Waals surface area contributed by atoms with Gasteiger partial charge in [0.1, 0.15) is 11.6 Å². The highest BCUT2D eigenvalue weighted by Gasteiger charge is 2.33. The number of hydrogen-bond donors (Lipinski definition) is 3. The second-order valence-corrected chi connectivity index (χ2v) is 6.46. The molecule has 162 valence electrons. The molecule has 0 spiro atoms. The SMILES string of the molecule is CN=C(NCCCc1nc2ccccc2[nH]1)NCc1ccc(F)cc1C(F)(F)F.I. The number of para-hydroxylation sites is 2. The lowest BCUT2D eigenvalue weighted by molar-refractivity contribution is -0.138. The third kappa shape index (κ3) is 6.31. The summed E-state index contributed by atoms with van der Waals surface area (Å²) in [7, 11) is 1.53. The number of H-pyrrole nitrogens is 1. The summed E-state index contributed by atoms with van der Waals surface area (Å²) in [5, 5.41) is 5.89. The quantitative estimate of drug-likeness (QED) is 0.142. The van der Waals surface area contributed by atoms with Gasteiger partial charge in [0.25, 0.3) is 0 Å². The van der Waals surface area contributed by atoms with Crippen LogP contribution in [0.25, 0.3) is 11.0 Å². The molecule has 0 unspecified atom stereocenters. The molecule has 2 aromatic carbocycles. The molecule has 3 N–H and O–H groups in total. The number of hydrogen-bond acceptors (Lipinski definition) is 2. The van der Waals surface area contributed by atoms with Gasteiger partial charge >= 0.3 is 6.18 Å². The fourth-order valence-electron chi connectivity index (χ4n) is 2.95. The predicted octanol–water partition coefficient (Wildman–Crippen LogP) is 4.64. The Morgan fingerprint density at radius 2 is 1.90 bits per heavy atom. The van der Waals surface area contributed by atoms with E-state index in [0.717, 1.165) is 41.8 Å². The Bertz CT molecular complexity index is 967. The van der Waals surface area contributed by atoms with E-state index in [1.54, 1.807) is 0 Å². The lowest BCUT2D eigenvalue weighted by Crippen LogP contribution is -2.37. The number of alkyl halides is 3. The van der Waals surface area contributed by atoms with Gasteiger partial charge in [-0.2, -0.15) is 13.2 Å². The van der Waals surface area contributed by atoms with Crippen LogP contribution in [-0.2, 0) is 19.1 Å². The van der Waals surface area contributed by atoms with Crippen molar-refractivity contribution in [2.75, 3.05) is 13.6 Å².